The van der Waals surface area contributed by atoms with Crippen LogP contribution in [0.2, 0.25) is 0 Å². The molecule has 1 aliphatic heterocycles. The van der Waals surface area contributed by atoms with Crippen molar-refractivity contribution in [3.8, 4) is 5.75 Å². The third kappa shape index (κ3) is 5.72. The van der Waals surface area contributed by atoms with Crippen molar-refractivity contribution >= 4 is 23.3 Å². The molecule has 1 aliphatic rings. The van der Waals surface area contributed by atoms with Gasteiger partial charge in [0.05, 0.1) is 19.8 Å². The topological polar surface area (TPSA) is 100 Å². The number of carbonyl (C=O) groups excluding carboxylic acids is 2. The number of para-hydroxylation sites is 1. The molecule has 2 atom stereocenters. The van der Waals surface area contributed by atoms with E-state index >= 15 is 0 Å². The number of aliphatic hydroxyl groups excluding tert-OH is 1. The van der Waals surface area contributed by atoms with Gasteiger partial charge in [-0.2, -0.15) is 0 Å². The summed E-state index contributed by atoms with van der Waals surface area (Å²) in [6, 6.07) is 22.6. The van der Waals surface area contributed by atoms with E-state index in [4.69, 9.17) is 9.47 Å². The van der Waals surface area contributed by atoms with Crippen LogP contribution in [-0.4, -0.2) is 48.3 Å². The van der Waals surface area contributed by atoms with Crippen LogP contribution in [0.5, 0.6) is 5.75 Å². The third-order valence-electron chi connectivity index (χ3n) is 5.65. The predicted octanol–water partition coefficient (Wildman–Crippen LogP) is 3.80. The smallest absolute Gasteiger partial charge is 0.323 e. The second-order valence-electron chi connectivity index (χ2n) is 7.96. The molecule has 0 saturated carbocycles. The highest BCUT2D eigenvalue weighted by Crippen LogP contribution is 2.27. The van der Waals surface area contributed by atoms with Gasteiger partial charge in [-0.05, 0) is 47.5 Å². The van der Waals surface area contributed by atoms with Gasteiger partial charge in [0.25, 0.3) is 0 Å². The lowest BCUT2D eigenvalue weighted by Gasteiger charge is -2.38. The standard InChI is InChI=1S/C26H27N3O5/c1-33-22-13-7-18(8-14-22)15-29-23(16-34-17-24(29)30)25(31)19-9-11-21(12-10-19)28-26(32)27-20-5-3-2-4-6-20/h2-14,23,25,31H,15-17H2,1H3,(H2,27,28,32)/t23-,25-/m1/s1. The Balaban J connectivity index is 1.41. The Labute approximate surface area is 198 Å². The summed E-state index contributed by atoms with van der Waals surface area (Å²) in [4.78, 5) is 26.5. The zero-order valence-electron chi connectivity index (χ0n) is 18.8. The van der Waals surface area contributed by atoms with Gasteiger partial charge in [-0.3, -0.25) is 4.79 Å². The third-order valence-corrected chi connectivity index (χ3v) is 5.65. The predicted molar refractivity (Wildman–Crippen MR) is 129 cm³/mol. The van der Waals surface area contributed by atoms with Gasteiger partial charge in [0.15, 0.2) is 0 Å². The fourth-order valence-electron chi connectivity index (χ4n) is 3.82. The zero-order chi connectivity index (χ0) is 23.9. The molecule has 3 amide bonds. The zero-order valence-corrected chi connectivity index (χ0v) is 18.8. The van der Waals surface area contributed by atoms with Crippen LogP contribution in [0.25, 0.3) is 0 Å². The van der Waals surface area contributed by atoms with Crippen LogP contribution in [0.15, 0.2) is 78.9 Å². The minimum atomic E-state index is -0.949. The molecule has 176 valence electrons. The van der Waals surface area contributed by atoms with Gasteiger partial charge >= 0.3 is 6.03 Å². The summed E-state index contributed by atoms with van der Waals surface area (Å²) in [7, 11) is 1.60. The molecule has 3 aromatic rings. The Morgan fingerprint density at radius 1 is 1.03 bits per heavy atom. The summed E-state index contributed by atoms with van der Waals surface area (Å²) >= 11 is 0. The minimum Gasteiger partial charge on any atom is -0.497 e. The van der Waals surface area contributed by atoms with Gasteiger partial charge in [-0.15, -0.1) is 0 Å². The van der Waals surface area contributed by atoms with Crippen LogP contribution in [0, 0.1) is 0 Å². The molecule has 8 heteroatoms. The summed E-state index contributed by atoms with van der Waals surface area (Å²) in [5.74, 6) is 0.557. The van der Waals surface area contributed by atoms with Crippen molar-refractivity contribution in [2.45, 2.75) is 18.7 Å². The monoisotopic (exact) mass is 461 g/mol. The first-order chi connectivity index (χ1) is 16.5. The quantitative estimate of drug-likeness (QED) is 0.497. The number of anilines is 2. The first kappa shape index (κ1) is 23.3. The Morgan fingerprint density at radius 3 is 2.32 bits per heavy atom. The molecule has 1 fully saturated rings. The Bertz CT molecular complexity index is 1100. The van der Waals surface area contributed by atoms with Crippen molar-refractivity contribution in [2.75, 3.05) is 31.0 Å². The maximum absolute atomic E-state index is 12.6. The number of benzene rings is 3. The van der Waals surface area contributed by atoms with Crippen LogP contribution in [0.1, 0.15) is 17.2 Å². The lowest BCUT2D eigenvalue weighted by molar-refractivity contribution is -0.155. The molecule has 4 rings (SSSR count). The number of methoxy groups -OCH3 is 1. The minimum absolute atomic E-state index is 0.0151. The Kier molecular flexibility index (Phi) is 7.41. The molecule has 0 bridgehead atoms. The van der Waals surface area contributed by atoms with Crippen molar-refractivity contribution in [2.24, 2.45) is 0 Å². The highest BCUT2D eigenvalue weighted by atomic mass is 16.5. The van der Waals surface area contributed by atoms with Crippen LogP contribution < -0.4 is 15.4 Å². The maximum atomic E-state index is 12.6. The van der Waals surface area contributed by atoms with Gasteiger partial charge in [0.2, 0.25) is 5.91 Å². The molecule has 8 nitrogen and oxygen atoms in total. The molecular weight excluding hydrogens is 434 g/mol. The Morgan fingerprint density at radius 2 is 1.68 bits per heavy atom. The van der Waals surface area contributed by atoms with Crippen molar-refractivity contribution in [3.63, 3.8) is 0 Å². The van der Waals surface area contributed by atoms with E-state index in [1.807, 2.05) is 42.5 Å². The molecule has 0 spiro atoms. The van der Waals surface area contributed by atoms with Gasteiger partial charge in [-0.25, -0.2) is 4.79 Å². The number of amides is 3. The molecule has 0 aromatic heterocycles. The molecule has 0 aliphatic carbocycles. The van der Waals surface area contributed by atoms with Crippen LogP contribution in [0.4, 0.5) is 16.2 Å². The first-order valence-corrected chi connectivity index (χ1v) is 10.9. The van der Waals surface area contributed by atoms with Crippen molar-refractivity contribution in [1.29, 1.82) is 0 Å². The molecule has 0 radical (unpaired) electrons. The molecule has 1 heterocycles. The fraction of sp³-hybridized carbons (Fsp3) is 0.231. The number of ether oxygens (including phenoxy) is 2. The number of aliphatic hydroxyl groups is 1. The van der Waals surface area contributed by atoms with E-state index in [-0.39, 0.29) is 25.2 Å². The van der Waals surface area contributed by atoms with Crippen molar-refractivity contribution in [3.05, 3.63) is 90.0 Å². The highest BCUT2D eigenvalue weighted by molar-refractivity contribution is 5.99. The number of nitrogens with zero attached hydrogens (tertiary/aromatic N) is 1. The number of rotatable bonds is 7. The molecule has 0 unspecified atom stereocenters. The highest BCUT2D eigenvalue weighted by Gasteiger charge is 2.34. The number of hydrogen-bond donors (Lipinski definition) is 3. The number of morpholine rings is 1. The van der Waals surface area contributed by atoms with E-state index in [1.165, 1.54) is 0 Å². The lowest BCUT2D eigenvalue weighted by atomic mass is 9.99. The average Bonchev–Trinajstić information content (AvgIpc) is 2.86. The average molecular weight is 462 g/mol. The van der Waals surface area contributed by atoms with Gasteiger partial charge < -0.3 is 30.1 Å². The van der Waals surface area contributed by atoms with Crippen molar-refractivity contribution < 1.29 is 24.2 Å². The fourth-order valence-corrected chi connectivity index (χ4v) is 3.82. The normalized spacial score (nSPS) is 16.6. The summed E-state index contributed by atoms with van der Waals surface area (Å²) in [5, 5.41) is 16.6. The summed E-state index contributed by atoms with van der Waals surface area (Å²) in [5.41, 5.74) is 2.82. The lowest BCUT2D eigenvalue weighted by Crippen LogP contribution is -2.51. The van der Waals surface area contributed by atoms with Crippen LogP contribution in [0.3, 0.4) is 0 Å². The van der Waals surface area contributed by atoms with E-state index < -0.39 is 12.1 Å². The molecule has 34 heavy (non-hydrogen) atoms. The number of carbonyl (C=O) groups is 2. The van der Waals surface area contributed by atoms with Gasteiger partial charge in [-0.1, -0.05) is 42.5 Å². The molecule has 1 saturated heterocycles. The summed E-state index contributed by atoms with van der Waals surface area (Å²) < 4.78 is 10.6. The van der Waals surface area contributed by atoms with E-state index in [0.29, 0.717) is 23.5 Å². The second-order valence-corrected chi connectivity index (χ2v) is 7.96. The first-order valence-electron chi connectivity index (χ1n) is 10.9. The van der Waals surface area contributed by atoms with E-state index in [2.05, 4.69) is 10.6 Å². The van der Waals surface area contributed by atoms with E-state index in [9.17, 15) is 14.7 Å². The number of hydrogen-bond acceptors (Lipinski definition) is 5. The van der Waals surface area contributed by atoms with Crippen molar-refractivity contribution in [1.82, 2.24) is 4.90 Å². The summed E-state index contributed by atoms with van der Waals surface area (Å²) in [6.45, 7) is 0.564. The molecule has 3 N–H and O–H groups in total. The SMILES string of the molecule is COc1ccc(CN2C(=O)COC[C@@H]2[C@H](O)c2ccc(NC(=O)Nc3ccccc3)cc2)cc1. The van der Waals surface area contributed by atoms with E-state index in [0.717, 1.165) is 11.3 Å². The molecular formula is C26H27N3O5. The van der Waals surface area contributed by atoms with Crippen LogP contribution >= 0.6 is 0 Å². The van der Waals surface area contributed by atoms with E-state index in [1.54, 1.807) is 48.4 Å². The van der Waals surface area contributed by atoms with Crippen LogP contribution in [-0.2, 0) is 16.1 Å². The number of nitrogens with one attached hydrogen (secondary N) is 2. The molecule has 3 aromatic carbocycles. The Hall–Kier alpha value is -3.88. The van der Waals surface area contributed by atoms with Gasteiger partial charge in [0, 0.05) is 17.9 Å². The number of urea groups is 1. The summed E-state index contributed by atoms with van der Waals surface area (Å²) in [6.07, 6.45) is -0.949. The largest absolute Gasteiger partial charge is 0.497 e. The second kappa shape index (κ2) is 10.8. The van der Waals surface area contributed by atoms with Gasteiger partial charge in [0.1, 0.15) is 18.5 Å². The maximum Gasteiger partial charge on any atom is 0.323 e.